The average Bonchev–Trinajstić information content (AvgIpc) is 2.71. The van der Waals surface area contributed by atoms with E-state index in [4.69, 9.17) is 9.84 Å². The number of fused-ring (bicyclic) bond motifs is 1. The second-order valence-electron chi connectivity index (χ2n) is 6.90. The summed E-state index contributed by atoms with van der Waals surface area (Å²) in [4.78, 5) is 37.6. The van der Waals surface area contributed by atoms with Crippen LogP contribution in [0.3, 0.4) is 0 Å². The van der Waals surface area contributed by atoms with Crippen molar-refractivity contribution in [1.82, 2.24) is 9.78 Å². The van der Waals surface area contributed by atoms with Crippen LogP contribution in [0, 0.1) is 20.8 Å². The molecular weight excluding hydrogens is 372 g/mol. The first kappa shape index (κ1) is 20.4. The van der Waals surface area contributed by atoms with Gasteiger partial charge >= 0.3 is 5.97 Å². The molecule has 2 aromatic carbocycles. The van der Waals surface area contributed by atoms with Crippen molar-refractivity contribution in [2.75, 3.05) is 13.2 Å². The number of esters is 1. The number of carbonyl (C=O) groups excluding carboxylic acids is 2. The van der Waals surface area contributed by atoms with Gasteiger partial charge in [0.25, 0.3) is 5.56 Å². The van der Waals surface area contributed by atoms with Gasteiger partial charge in [0.1, 0.15) is 0 Å². The second-order valence-corrected chi connectivity index (χ2v) is 6.90. The quantitative estimate of drug-likeness (QED) is 0.509. The van der Waals surface area contributed by atoms with E-state index in [1.807, 2.05) is 26.8 Å². The zero-order valence-corrected chi connectivity index (χ0v) is 16.6. The van der Waals surface area contributed by atoms with Gasteiger partial charge in [-0.05, 0) is 49.6 Å². The van der Waals surface area contributed by atoms with Gasteiger partial charge in [0, 0.05) is 10.9 Å². The maximum absolute atomic E-state index is 12.7. The monoisotopic (exact) mass is 394 g/mol. The Morgan fingerprint density at radius 1 is 1.03 bits per heavy atom. The predicted molar refractivity (Wildman–Crippen MR) is 108 cm³/mol. The van der Waals surface area contributed by atoms with Crippen LogP contribution in [0.1, 0.15) is 37.5 Å². The number of nitrogens with zero attached hydrogens (tertiary/aromatic N) is 2. The minimum atomic E-state index is -0.803. The molecule has 29 heavy (non-hydrogen) atoms. The van der Waals surface area contributed by atoms with Gasteiger partial charge in [-0.15, -0.1) is 0 Å². The molecule has 1 heterocycles. The number of ketones is 1. The molecule has 1 aromatic heterocycles. The lowest BCUT2D eigenvalue weighted by Gasteiger charge is -2.11. The van der Waals surface area contributed by atoms with E-state index in [2.05, 4.69) is 5.10 Å². The summed E-state index contributed by atoms with van der Waals surface area (Å²) in [6.07, 6.45) is 0. The smallest absolute Gasteiger partial charge is 0.359 e. The molecule has 0 aliphatic carbocycles. The van der Waals surface area contributed by atoms with E-state index in [9.17, 15) is 14.4 Å². The van der Waals surface area contributed by atoms with Crippen molar-refractivity contribution in [3.63, 3.8) is 0 Å². The molecule has 0 amide bonds. The molecule has 7 nitrogen and oxygen atoms in total. The van der Waals surface area contributed by atoms with Crippen molar-refractivity contribution in [3.05, 3.63) is 74.7 Å². The van der Waals surface area contributed by atoms with Crippen LogP contribution < -0.4 is 5.56 Å². The summed E-state index contributed by atoms with van der Waals surface area (Å²) in [7, 11) is 0. The highest BCUT2D eigenvalue weighted by atomic mass is 16.5. The molecule has 0 aliphatic heterocycles. The zero-order chi connectivity index (χ0) is 21.1. The Bertz CT molecular complexity index is 1160. The van der Waals surface area contributed by atoms with Gasteiger partial charge < -0.3 is 9.84 Å². The van der Waals surface area contributed by atoms with Crippen LogP contribution in [0.5, 0.6) is 0 Å². The van der Waals surface area contributed by atoms with Crippen molar-refractivity contribution < 1.29 is 19.4 Å². The number of hydrogen-bond acceptors (Lipinski definition) is 6. The zero-order valence-electron chi connectivity index (χ0n) is 16.6. The highest BCUT2D eigenvalue weighted by Crippen LogP contribution is 2.17. The Balaban J connectivity index is 1.89. The topological polar surface area (TPSA) is 98.5 Å². The van der Waals surface area contributed by atoms with E-state index in [-0.39, 0.29) is 24.6 Å². The van der Waals surface area contributed by atoms with E-state index < -0.39 is 18.1 Å². The standard InChI is InChI=1S/C22H22N2O5/c1-13-10-15(3)18(11-14(13)2)19(26)12-29-22(28)20-16-6-4-5-7-17(16)21(27)24(23-20)8-9-25/h4-7,10-11,25H,8-9,12H2,1-3H3. The first-order chi connectivity index (χ1) is 13.8. The summed E-state index contributed by atoms with van der Waals surface area (Å²) >= 11 is 0. The molecule has 1 N–H and O–H groups in total. The van der Waals surface area contributed by atoms with Gasteiger partial charge in [-0.2, -0.15) is 5.10 Å². The number of carbonyl (C=O) groups is 2. The minimum absolute atomic E-state index is 0.0509. The highest BCUT2D eigenvalue weighted by Gasteiger charge is 2.20. The first-order valence-electron chi connectivity index (χ1n) is 9.22. The summed E-state index contributed by atoms with van der Waals surface area (Å²) in [5.74, 6) is -1.12. The molecule has 0 fully saturated rings. The van der Waals surface area contributed by atoms with Gasteiger partial charge in [0.05, 0.1) is 18.5 Å². The van der Waals surface area contributed by atoms with Gasteiger partial charge in [0.2, 0.25) is 5.78 Å². The summed E-state index contributed by atoms with van der Waals surface area (Å²) < 4.78 is 6.24. The summed E-state index contributed by atoms with van der Waals surface area (Å²) in [5.41, 5.74) is 2.90. The number of benzene rings is 2. The molecule has 0 saturated heterocycles. The molecule has 0 spiro atoms. The minimum Gasteiger partial charge on any atom is -0.452 e. The fourth-order valence-electron chi connectivity index (χ4n) is 3.17. The van der Waals surface area contributed by atoms with E-state index in [0.29, 0.717) is 16.3 Å². The maximum Gasteiger partial charge on any atom is 0.359 e. The van der Waals surface area contributed by atoms with Crippen LogP contribution in [-0.4, -0.2) is 39.9 Å². The highest BCUT2D eigenvalue weighted by molar-refractivity contribution is 6.04. The Hall–Kier alpha value is -3.32. The third-order valence-corrected chi connectivity index (χ3v) is 4.85. The predicted octanol–water partition coefficient (Wildman–Crippen LogP) is 2.35. The SMILES string of the molecule is Cc1cc(C)c(C(=O)COC(=O)c2nn(CCO)c(=O)c3ccccc23)cc1C. The van der Waals surface area contributed by atoms with Gasteiger partial charge in [-0.1, -0.05) is 24.3 Å². The summed E-state index contributed by atoms with van der Waals surface area (Å²) in [6, 6.07) is 10.2. The van der Waals surface area contributed by atoms with Crippen LogP contribution in [0.2, 0.25) is 0 Å². The van der Waals surface area contributed by atoms with Gasteiger partial charge in [-0.3, -0.25) is 9.59 Å². The van der Waals surface area contributed by atoms with E-state index in [1.54, 1.807) is 30.3 Å². The first-order valence-corrected chi connectivity index (χ1v) is 9.22. The van der Waals surface area contributed by atoms with Crippen LogP contribution in [0.4, 0.5) is 0 Å². The molecule has 150 valence electrons. The lowest BCUT2D eigenvalue weighted by molar-refractivity contribution is 0.0468. The molecule has 0 saturated carbocycles. The molecule has 0 bridgehead atoms. The van der Waals surface area contributed by atoms with Crippen molar-refractivity contribution in [2.24, 2.45) is 0 Å². The van der Waals surface area contributed by atoms with Crippen molar-refractivity contribution in [2.45, 2.75) is 27.3 Å². The fraction of sp³-hybridized carbons (Fsp3) is 0.273. The maximum atomic E-state index is 12.7. The van der Waals surface area contributed by atoms with Crippen molar-refractivity contribution in [1.29, 1.82) is 0 Å². The molecular formula is C22H22N2O5. The summed E-state index contributed by atoms with van der Waals surface area (Å²) in [6.45, 7) is 4.93. The third-order valence-electron chi connectivity index (χ3n) is 4.85. The number of aromatic nitrogens is 2. The molecule has 0 radical (unpaired) electrons. The molecule has 0 atom stereocenters. The molecule has 7 heteroatoms. The van der Waals surface area contributed by atoms with Gasteiger partial charge in [-0.25, -0.2) is 9.48 Å². The van der Waals surface area contributed by atoms with Gasteiger partial charge in [0.15, 0.2) is 12.3 Å². The fourth-order valence-corrected chi connectivity index (χ4v) is 3.17. The lowest BCUT2D eigenvalue weighted by atomic mass is 9.98. The van der Waals surface area contributed by atoms with Crippen LogP contribution in [0.15, 0.2) is 41.2 Å². The molecule has 0 aliphatic rings. The van der Waals surface area contributed by atoms with Crippen LogP contribution in [-0.2, 0) is 11.3 Å². The van der Waals surface area contributed by atoms with E-state index in [0.717, 1.165) is 21.4 Å². The molecule has 3 rings (SSSR count). The number of Topliss-reactive ketones (excluding diaryl/α,β-unsaturated/α-hetero) is 1. The van der Waals surface area contributed by atoms with Crippen molar-refractivity contribution in [3.8, 4) is 0 Å². The van der Waals surface area contributed by atoms with E-state index in [1.165, 1.54) is 0 Å². The Morgan fingerprint density at radius 2 is 1.69 bits per heavy atom. The van der Waals surface area contributed by atoms with Crippen LogP contribution in [0.25, 0.3) is 10.8 Å². The molecule has 3 aromatic rings. The number of aliphatic hydroxyl groups excluding tert-OH is 1. The number of rotatable bonds is 6. The van der Waals surface area contributed by atoms with Crippen molar-refractivity contribution >= 4 is 22.5 Å². The Labute approximate surface area is 167 Å². The Morgan fingerprint density at radius 3 is 2.38 bits per heavy atom. The number of aryl methyl sites for hydroxylation is 3. The average molecular weight is 394 g/mol. The number of ether oxygens (including phenoxy) is 1. The number of aliphatic hydroxyl groups is 1. The molecule has 0 unspecified atom stereocenters. The third kappa shape index (κ3) is 4.09. The second kappa shape index (κ2) is 8.36. The summed E-state index contributed by atoms with van der Waals surface area (Å²) in [5, 5.41) is 13.8. The largest absolute Gasteiger partial charge is 0.452 e. The lowest BCUT2D eigenvalue weighted by Crippen LogP contribution is -2.28. The number of hydrogen-bond donors (Lipinski definition) is 1. The normalized spacial score (nSPS) is 10.9. The van der Waals surface area contributed by atoms with Crippen LogP contribution >= 0.6 is 0 Å². The Kier molecular flexibility index (Phi) is 5.89. The van der Waals surface area contributed by atoms with E-state index >= 15 is 0 Å².